The predicted molar refractivity (Wildman–Crippen MR) is 67.2 cm³/mol. The van der Waals surface area contributed by atoms with E-state index in [2.05, 4.69) is 0 Å². The van der Waals surface area contributed by atoms with Gasteiger partial charge in [0.05, 0.1) is 12.4 Å². The van der Waals surface area contributed by atoms with Crippen molar-refractivity contribution >= 4 is 0 Å². The van der Waals surface area contributed by atoms with Crippen molar-refractivity contribution in [3.8, 4) is 0 Å². The Morgan fingerprint density at radius 3 is 2.89 bits per heavy atom. The van der Waals surface area contributed by atoms with E-state index >= 15 is 0 Å². The third-order valence-electron chi connectivity index (χ3n) is 3.33. The molecule has 1 aliphatic rings. The molecule has 0 amide bonds. The summed E-state index contributed by atoms with van der Waals surface area (Å²) in [5, 5.41) is 11.0. The van der Waals surface area contributed by atoms with Crippen molar-refractivity contribution in [2.45, 2.75) is 57.6 Å². The van der Waals surface area contributed by atoms with Crippen LogP contribution in [0.3, 0.4) is 0 Å². The maximum absolute atomic E-state index is 11.0. The zero-order valence-electron chi connectivity index (χ0n) is 11.2. The van der Waals surface area contributed by atoms with Gasteiger partial charge in [0.15, 0.2) is 12.4 Å². The average molecular weight is 269 g/mol. The predicted octanol–water partition coefficient (Wildman–Crippen LogP) is 2.92. The van der Waals surface area contributed by atoms with Crippen LogP contribution < -0.4 is 0 Å². The van der Waals surface area contributed by atoms with Crippen molar-refractivity contribution in [1.82, 2.24) is 0 Å². The van der Waals surface area contributed by atoms with Crippen molar-refractivity contribution in [2.24, 2.45) is 0 Å². The van der Waals surface area contributed by atoms with Crippen molar-refractivity contribution in [3.63, 3.8) is 0 Å². The topological polar surface area (TPSA) is 74.7 Å². The fourth-order valence-electron chi connectivity index (χ4n) is 2.21. The molecule has 1 saturated heterocycles. The molecular weight excluding hydrogens is 250 g/mol. The van der Waals surface area contributed by atoms with Crippen LogP contribution in [0.25, 0.3) is 0 Å². The molecule has 4 atom stereocenters. The molecule has 0 aliphatic carbocycles. The minimum Gasteiger partial charge on any atom is -0.466 e. The molecule has 19 heavy (non-hydrogen) atoms. The molecule has 6 nitrogen and oxygen atoms in total. The van der Waals surface area contributed by atoms with Crippen LogP contribution in [0.5, 0.6) is 0 Å². The molecule has 1 aromatic heterocycles. The summed E-state index contributed by atoms with van der Waals surface area (Å²) >= 11 is 0. The lowest BCUT2D eigenvalue weighted by atomic mass is 10.1. The van der Waals surface area contributed by atoms with E-state index in [9.17, 15) is 10.1 Å². The summed E-state index contributed by atoms with van der Waals surface area (Å²) in [5.74, 6) is 0.464. The average Bonchev–Trinajstić information content (AvgIpc) is 2.88. The second kappa shape index (κ2) is 6.16. The van der Waals surface area contributed by atoms with Gasteiger partial charge in [-0.2, -0.15) is 0 Å². The number of rotatable bonds is 5. The highest BCUT2D eigenvalue weighted by Gasteiger charge is 2.35. The lowest BCUT2D eigenvalue weighted by Crippen LogP contribution is -2.34. The Hall–Kier alpha value is -1.40. The van der Waals surface area contributed by atoms with Gasteiger partial charge in [-0.25, -0.2) is 0 Å². The number of hydrogen-bond acceptors (Lipinski definition) is 5. The van der Waals surface area contributed by atoms with E-state index in [1.54, 1.807) is 12.1 Å². The first-order valence-electron chi connectivity index (χ1n) is 6.55. The smallest absolute Gasteiger partial charge is 0.243 e. The first-order valence-corrected chi connectivity index (χ1v) is 6.55. The van der Waals surface area contributed by atoms with Gasteiger partial charge in [0.1, 0.15) is 5.76 Å². The SMILES string of the molecule is C[C@H]([C@H](O[C@@H]1CCC[C@H](C)O1)c1ccco1)[N+](=O)[O-]. The first-order chi connectivity index (χ1) is 9.08. The van der Waals surface area contributed by atoms with Gasteiger partial charge in [-0.3, -0.25) is 10.1 Å². The first kappa shape index (κ1) is 14.0. The highest BCUT2D eigenvalue weighted by Crippen LogP contribution is 2.29. The second-order valence-corrected chi connectivity index (χ2v) is 4.91. The van der Waals surface area contributed by atoms with Crippen LogP contribution in [-0.4, -0.2) is 23.4 Å². The van der Waals surface area contributed by atoms with Gasteiger partial charge in [-0.05, 0) is 38.3 Å². The molecule has 1 aromatic rings. The van der Waals surface area contributed by atoms with Gasteiger partial charge >= 0.3 is 0 Å². The summed E-state index contributed by atoms with van der Waals surface area (Å²) in [4.78, 5) is 10.6. The lowest BCUT2D eigenvalue weighted by Gasteiger charge is -2.30. The van der Waals surface area contributed by atoms with E-state index in [0.717, 1.165) is 19.3 Å². The minimum absolute atomic E-state index is 0.127. The largest absolute Gasteiger partial charge is 0.466 e. The zero-order valence-corrected chi connectivity index (χ0v) is 11.2. The number of nitro groups is 1. The van der Waals surface area contributed by atoms with Crippen LogP contribution in [0, 0.1) is 10.1 Å². The summed E-state index contributed by atoms with van der Waals surface area (Å²) in [5.41, 5.74) is 0. The third-order valence-corrected chi connectivity index (χ3v) is 3.33. The molecule has 0 aromatic carbocycles. The van der Waals surface area contributed by atoms with Crippen LogP contribution in [0.2, 0.25) is 0 Å². The number of furan rings is 1. The van der Waals surface area contributed by atoms with Crippen molar-refractivity contribution < 1.29 is 18.8 Å². The summed E-state index contributed by atoms with van der Waals surface area (Å²) in [6, 6.07) is 2.51. The Balaban J connectivity index is 2.07. The van der Waals surface area contributed by atoms with Crippen LogP contribution in [0.1, 0.15) is 45.0 Å². The van der Waals surface area contributed by atoms with Crippen LogP contribution in [0.15, 0.2) is 22.8 Å². The molecular formula is C13H19NO5. The standard InChI is InChI=1S/C13H19NO5/c1-9-5-3-7-12(18-9)19-13(10(2)14(15)16)11-6-4-8-17-11/h4,6,8-10,12-13H,3,5,7H2,1-2H3/t9-,10+,12+,13-/m0/s1. The van der Waals surface area contributed by atoms with E-state index < -0.39 is 18.4 Å². The van der Waals surface area contributed by atoms with Gasteiger partial charge < -0.3 is 13.9 Å². The van der Waals surface area contributed by atoms with Crippen molar-refractivity contribution in [1.29, 1.82) is 0 Å². The molecule has 0 bridgehead atoms. The molecule has 0 unspecified atom stereocenters. The highest BCUT2D eigenvalue weighted by molar-refractivity contribution is 5.04. The molecule has 1 aliphatic heterocycles. The quantitative estimate of drug-likeness (QED) is 0.607. The van der Waals surface area contributed by atoms with Crippen molar-refractivity contribution in [3.05, 3.63) is 34.3 Å². The lowest BCUT2D eigenvalue weighted by molar-refractivity contribution is -0.536. The summed E-state index contributed by atoms with van der Waals surface area (Å²) in [6.45, 7) is 3.49. The van der Waals surface area contributed by atoms with Crippen LogP contribution in [0.4, 0.5) is 0 Å². The fraction of sp³-hybridized carbons (Fsp3) is 0.692. The van der Waals surface area contributed by atoms with E-state index in [1.807, 2.05) is 6.92 Å². The molecule has 0 radical (unpaired) electrons. The summed E-state index contributed by atoms with van der Waals surface area (Å²) < 4.78 is 16.7. The monoisotopic (exact) mass is 269 g/mol. The Morgan fingerprint density at radius 1 is 1.53 bits per heavy atom. The van der Waals surface area contributed by atoms with Crippen LogP contribution in [-0.2, 0) is 9.47 Å². The third kappa shape index (κ3) is 3.54. The van der Waals surface area contributed by atoms with Crippen molar-refractivity contribution in [2.75, 3.05) is 0 Å². The minimum atomic E-state index is -0.882. The van der Waals surface area contributed by atoms with Gasteiger partial charge in [0.25, 0.3) is 0 Å². The van der Waals surface area contributed by atoms with E-state index in [0.29, 0.717) is 5.76 Å². The maximum atomic E-state index is 11.0. The zero-order chi connectivity index (χ0) is 13.8. The maximum Gasteiger partial charge on any atom is 0.243 e. The number of nitrogens with zero attached hydrogens (tertiary/aromatic N) is 1. The molecule has 0 N–H and O–H groups in total. The second-order valence-electron chi connectivity index (χ2n) is 4.91. The highest BCUT2D eigenvalue weighted by atomic mass is 16.7. The van der Waals surface area contributed by atoms with E-state index in [-0.39, 0.29) is 11.0 Å². The normalized spacial score (nSPS) is 26.8. The Morgan fingerprint density at radius 2 is 2.32 bits per heavy atom. The molecule has 1 fully saturated rings. The number of hydrogen-bond donors (Lipinski definition) is 0. The molecule has 2 heterocycles. The molecule has 106 valence electrons. The van der Waals surface area contributed by atoms with Gasteiger partial charge in [-0.1, -0.05) is 0 Å². The fourth-order valence-corrected chi connectivity index (χ4v) is 2.21. The van der Waals surface area contributed by atoms with Gasteiger partial charge in [0, 0.05) is 11.8 Å². The van der Waals surface area contributed by atoms with E-state index in [1.165, 1.54) is 13.2 Å². The molecule has 6 heteroatoms. The van der Waals surface area contributed by atoms with Gasteiger partial charge in [0.2, 0.25) is 6.04 Å². The number of ether oxygens (including phenoxy) is 2. The van der Waals surface area contributed by atoms with E-state index in [4.69, 9.17) is 13.9 Å². The summed E-state index contributed by atoms with van der Waals surface area (Å²) in [7, 11) is 0. The molecule has 0 spiro atoms. The van der Waals surface area contributed by atoms with Gasteiger partial charge in [-0.15, -0.1) is 0 Å². The molecule has 0 saturated carbocycles. The Bertz CT molecular complexity index is 405. The summed E-state index contributed by atoms with van der Waals surface area (Å²) in [6.07, 6.45) is 3.25. The van der Waals surface area contributed by atoms with Crippen LogP contribution >= 0.6 is 0 Å². The Labute approximate surface area is 111 Å². The molecule has 2 rings (SSSR count). The Kier molecular flexibility index (Phi) is 4.55.